The van der Waals surface area contributed by atoms with Crippen LogP contribution in [0.25, 0.3) is 0 Å². The molecule has 0 heterocycles. The average Bonchev–Trinajstić information content (AvgIpc) is 2.17. The number of halogens is 1. The lowest BCUT2D eigenvalue weighted by Crippen LogP contribution is -2.11. The van der Waals surface area contributed by atoms with Gasteiger partial charge in [0.05, 0.1) is 7.11 Å². The van der Waals surface area contributed by atoms with Crippen molar-refractivity contribution in [1.29, 1.82) is 0 Å². The Bertz CT molecular complexity index is 374. The van der Waals surface area contributed by atoms with Crippen LogP contribution in [0.3, 0.4) is 0 Å². The van der Waals surface area contributed by atoms with Gasteiger partial charge >= 0.3 is 5.97 Å². The van der Waals surface area contributed by atoms with E-state index in [2.05, 4.69) is 27.3 Å². The number of ketones is 1. The van der Waals surface area contributed by atoms with E-state index in [1.165, 1.54) is 7.11 Å². The molecule has 0 saturated heterocycles. The highest BCUT2D eigenvalue weighted by atomic mass is 127. The van der Waals surface area contributed by atoms with E-state index in [9.17, 15) is 9.59 Å². The molecule has 0 N–H and O–H groups in total. The molecule has 1 aromatic rings. The summed E-state index contributed by atoms with van der Waals surface area (Å²) in [5.74, 6) is -0.602. The number of ether oxygens (including phenoxy) is 1. The van der Waals surface area contributed by atoms with Crippen molar-refractivity contribution >= 4 is 34.3 Å². The molecule has 0 amide bonds. The maximum absolute atomic E-state index is 11.4. The second kappa shape index (κ2) is 5.85. The van der Waals surface area contributed by atoms with Crippen molar-refractivity contribution in [3.8, 4) is 0 Å². The van der Waals surface area contributed by atoms with E-state index in [0.29, 0.717) is 0 Å². The van der Waals surface area contributed by atoms with Crippen LogP contribution in [0.15, 0.2) is 24.3 Å². The van der Waals surface area contributed by atoms with E-state index in [4.69, 9.17) is 0 Å². The summed E-state index contributed by atoms with van der Waals surface area (Å²) in [7, 11) is 1.28. The van der Waals surface area contributed by atoms with Gasteiger partial charge in [0.15, 0.2) is 0 Å². The molecule has 0 spiro atoms. The van der Waals surface area contributed by atoms with Crippen molar-refractivity contribution in [2.75, 3.05) is 7.11 Å². The van der Waals surface area contributed by atoms with Crippen molar-refractivity contribution in [3.05, 3.63) is 33.4 Å². The van der Waals surface area contributed by atoms with E-state index in [-0.39, 0.29) is 18.6 Å². The largest absolute Gasteiger partial charge is 0.469 e. The minimum Gasteiger partial charge on any atom is -0.469 e. The van der Waals surface area contributed by atoms with E-state index in [0.717, 1.165) is 9.13 Å². The topological polar surface area (TPSA) is 43.4 Å². The van der Waals surface area contributed by atoms with Crippen molar-refractivity contribution < 1.29 is 14.3 Å². The SMILES string of the molecule is COC(=O)CC(=O)Cc1cccc(I)c1. The minimum absolute atomic E-state index is 0.121. The summed E-state index contributed by atoms with van der Waals surface area (Å²) in [4.78, 5) is 22.2. The first-order chi connectivity index (χ1) is 7.11. The molecule has 0 radical (unpaired) electrons. The average molecular weight is 318 g/mol. The van der Waals surface area contributed by atoms with Crippen LogP contribution in [0.5, 0.6) is 0 Å². The van der Waals surface area contributed by atoms with Gasteiger partial charge in [-0.25, -0.2) is 0 Å². The third-order valence-electron chi connectivity index (χ3n) is 1.86. The molecule has 0 aromatic heterocycles. The number of carbonyl (C=O) groups is 2. The van der Waals surface area contributed by atoms with E-state index in [1.54, 1.807) is 0 Å². The highest BCUT2D eigenvalue weighted by Gasteiger charge is 2.10. The maximum Gasteiger partial charge on any atom is 0.313 e. The fourth-order valence-corrected chi connectivity index (χ4v) is 1.78. The predicted octanol–water partition coefficient (Wildman–Crippen LogP) is 1.97. The quantitative estimate of drug-likeness (QED) is 0.484. The van der Waals surface area contributed by atoms with Gasteiger partial charge in [-0.3, -0.25) is 9.59 Å². The van der Waals surface area contributed by atoms with Crippen molar-refractivity contribution in [2.24, 2.45) is 0 Å². The third kappa shape index (κ3) is 4.42. The summed E-state index contributed by atoms with van der Waals surface area (Å²) in [5, 5.41) is 0. The smallest absolute Gasteiger partial charge is 0.313 e. The van der Waals surface area contributed by atoms with Gasteiger partial charge in [-0.2, -0.15) is 0 Å². The molecule has 1 aromatic carbocycles. The molecule has 0 fully saturated rings. The third-order valence-corrected chi connectivity index (χ3v) is 2.53. The van der Waals surface area contributed by atoms with Crippen LogP contribution < -0.4 is 0 Å². The zero-order chi connectivity index (χ0) is 11.3. The van der Waals surface area contributed by atoms with Crippen molar-refractivity contribution in [3.63, 3.8) is 0 Å². The Balaban J connectivity index is 2.55. The van der Waals surface area contributed by atoms with Crippen LogP contribution in [-0.4, -0.2) is 18.9 Å². The lowest BCUT2D eigenvalue weighted by atomic mass is 10.1. The number of methoxy groups -OCH3 is 1. The molecule has 3 nitrogen and oxygen atoms in total. The Morgan fingerprint density at radius 1 is 1.40 bits per heavy atom. The monoisotopic (exact) mass is 318 g/mol. The number of hydrogen-bond donors (Lipinski definition) is 0. The molecule has 0 bridgehead atoms. The molecule has 0 aliphatic carbocycles. The van der Waals surface area contributed by atoms with Gasteiger partial charge in [0, 0.05) is 9.99 Å². The summed E-state index contributed by atoms with van der Waals surface area (Å²) >= 11 is 2.18. The van der Waals surface area contributed by atoms with Gasteiger partial charge in [0.1, 0.15) is 12.2 Å². The van der Waals surface area contributed by atoms with Crippen LogP contribution in [0.4, 0.5) is 0 Å². The summed E-state index contributed by atoms with van der Waals surface area (Å²) < 4.78 is 5.50. The number of carbonyl (C=O) groups excluding carboxylic acids is 2. The Hall–Kier alpha value is -0.910. The van der Waals surface area contributed by atoms with Crippen molar-refractivity contribution in [1.82, 2.24) is 0 Å². The summed E-state index contributed by atoms with van der Waals surface area (Å²) in [6.45, 7) is 0. The van der Waals surface area contributed by atoms with Crippen LogP contribution in [-0.2, 0) is 20.7 Å². The van der Waals surface area contributed by atoms with Crippen LogP contribution in [0, 0.1) is 3.57 Å². The predicted molar refractivity (Wildman–Crippen MR) is 64.5 cm³/mol. The molecular weight excluding hydrogens is 307 g/mol. The first-order valence-electron chi connectivity index (χ1n) is 4.45. The number of esters is 1. The summed E-state index contributed by atoms with van der Waals surface area (Å²) in [5.41, 5.74) is 0.927. The highest BCUT2D eigenvalue weighted by Crippen LogP contribution is 2.09. The number of Topliss-reactive ketones (excluding diaryl/α,β-unsaturated/α-hetero) is 1. The zero-order valence-corrected chi connectivity index (χ0v) is 10.5. The molecule has 0 saturated carbocycles. The molecule has 15 heavy (non-hydrogen) atoms. The van der Waals surface area contributed by atoms with Gasteiger partial charge in [-0.15, -0.1) is 0 Å². The Labute approximate surface area is 102 Å². The zero-order valence-electron chi connectivity index (χ0n) is 8.33. The molecule has 0 aliphatic rings. The lowest BCUT2D eigenvalue weighted by Gasteiger charge is -2.01. The maximum atomic E-state index is 11.4. The molecule has 0 atom stereocenters. The van der Waals surface area contributed by atoms with Gasteiger partial charge in [-0.1, -0.05) is 12.1 Å². The van der Waals surface area contributed by atoms with Gasteiger partial charge < -0.3 is 4.74 Å². The number of benzene rings is 1. The van der Waals surface area contributed by atoms with Gasteiger partial charge in [-0.05, 0) is 40.3 Å². The van der Waals surface area contributed by atoms with Crippen LogP contribution >= 0.6 is 22.6 Å². The normalized spacial score (nSPS) is 9.73. The van der Waals surface area contributed by atoms with Crippen molar-refractivity contribution in [2.45, 2.75) is 12.8 Å². The first-order valence-corrected chi connectivity index (χ1v) is 5.52. The summed E-state index contributed by atoms with van der Waals surface area (Å²) in [6, 6.07) is 7.64. The van der Waals surface area contributed by atoms with Gasteiger partial charge in [0.25, 0.3) is 0 Å². The molecule has 1 rings (SSSR count). The standard InChI is InChI=1S/C11H11IO3/c1-15-11(14)7-10(13)6-8-3-2-4-9(12)5-8/h2-5H,6-7H2,1H3. The Morgan fingerprint density at radius 3 is 2.73 bits per heavy atom. The van der Waals surface area contributed by atoms with E-state index < -0.39 is 5.97 Å². The summed E-state index contributed by atoms with van der Waals surface area (Å²) in [6.07, 6.45) is 0.133. The molecule has 0 unspecified atom stereocenters. The van der Waals surface area contributed by atoms with Gasteiger partial charge in [0.2, 0.25) is 0 Å². The second-order valence-electron chi connectivity index (χ2n) is 3.10. The fourth-order valence-electron chi connectivity index (χ4n) is 1.17. The van der Waals surface area contributed by atoms with E-state index >= 15 is 0 Å². The minimum atomic E-state index is -0.481. The highest BCUT2D eigenvalue weighted by molar-refractivity contribution is 14.1. The fraction of sp³-hybridized carbons (Fsp3) is 0.273. The molecule has 4 heteroatoms. The van der Waals surface area contributed by atoms with E-state index in [1.807, 2.05) is 24.3 Å². The first kappa shape index (κ1) is 12.2. The Morgan fingerprint density at radius 2 is 2.13 bits per heavy atom. The van der Waals surface area contributed by atoms with Crippen LogP contribution in [0.1, 0.15) is 12.0 Å². The molecular formula is C11H11IO3. The number of rotatable bonds is 4. The Kier molecular flexibility index (Phi) is 4.74. The lowest BCUT2D eigenvalue weighted by molar-refractivity contribution is -0.143. The number of hydrogen-bond acceptors (Lipinski definition) is 3. The molecule has 80 valence electrons. The molecule has 0 aliphatic heterocycles. The van der Waals surface area contributed by atoms with Crippen LogP contribution in [0.2, 0.25) is 0 Å². The second-order valence-corrected chi connectivity index (χ2v) is 4.34.